The van der Waals surface area contributed by atoms with Crippen LogP contribution in [0.1, 0.15) is 28.1 Å². The maximum atomic E-state index is 12.3. The number of ether oxygens (including phenoxy) is 1. The van der Waals surface area contributed by atoms with Crippen LogP contribution in [-0.4, -0.2) is 53.6 Å². The fourth-order valence-electron chi connectivity index (χ4n) is 2.73. The number of amides is 1. The van der Waals surface area contributed by atoms with Crippen molar-refractivity contribution in [2.24, 2.45) is 0 Å². The highest BCUT2D eigenvalue weighted by atomic mass is 16.5. The second-order valence-electron chi connectivity index (χ2n) is 5.61. The van der Waals surface area contributed by atoms with Gasteiger partial charge in [0.2, 0.25) is 0 Å². The van der Waals surface area contributed by atoms with Gasteiger partial charge in [-0.15, -0.1) is 0 Å². The van der Waals surface area contributed by atoms with Crippen molar-refractivity contribution >= 4 is 11.7 Å². The zero-order valence-electron chi connectivity index (χ0n) is 13.6. The third-order valence-electron chi connectivity index (χ3n) is 3.97. The Balaban J connectivity index is 1.72. The highest BCUT2D eigenvalue weighted by Crippen LogP contribution is 2.23. The van der Waals surface area contributed by atoms with E-state index in [4.69, 9.17) is 14.9 Å². The van der Waals surface area contributed by atoms with Gasteiger partial charge >= 0.3 is 0 Å². The van der Waals surface area contributed by atoms with Gasteiger partial charge in [0.15, 0.2) is 11.5 Å². The SMILES string of the molecule is Cc1ccc([C@@H](CNC(=O)c2nccnc2N)N2CCOCC2)o1. The molecular weight excluding hydrogens is 310 g/mol. The maximum Gasteiger partial charge on any atom is 0.273 e. The van der Waals surface area contributed by atoms with Gasteiger partial charge in [-0.3, -0.25) is 9.69 Å². The number of carbonyl (C=O) groups excluding carboxylic acids is 1. The molecule has 128 valence electrons. The molecule has 2 aromatic heterocycles. The van der Waals surface area contributed by atoms with Crippen molar-refractivity contribution in [2.75, 3.05) is 38.6 Å². The summed E-state index contributed by atoms with van der Waals surface area (Å²) in [7, 11) is 0. The molecule has 2 aromatic rings. The summed E-state index contributed by atoms with van der Waals surface area (Å²) >= 11 is 0. The largest absolute Gasteiger partial charge is 0.465 e. The molecule has 3 heterocycles. The predicted octanol–water partition coefficient (Wildman–Crippen LogP) is 0.764. The van der Waals surface area contributed by atoms with Gasteiger partial charge in [-0.05, 0) is 19.1 Å². The molecule has 8 heteroatoms. The van der Waals surface area contributed by atoms with E-state index in [1.165, 1.54) is 12.4 Å². The van der Waals surface area contributed by atoms with Crippen molar-refractivity contribution in [1.82, 2.24) is 20.2 Å². The Morgan fingerprint density at radius 1 is 1.33 bits per heavy atom. The molecule has 1 atom stereocenters. The lowest BCUT2D eigenvalue weighted by Crippen LogP contribution is -2.43. The van der Waals surface area contributed by atoms with Crippen molar-refractivity contribution in [3.05, 3.63) is 41.7 Å². The molecule has 8 nitrogen and oxygen atoms in total. The number of anilines is 1. The Labute approximate surface area is 140 Å². The van der Waals surface area contributed by atoms with Crippen LogP contribution >= 0.6 is 0 Å². The summed E-state index contributed by atoms with van der Waals surface area (Å²) < 4.78 is 11.2. The molecule has 24 heavy (non-hydrogen) atoms. The number of hydrogen-bond donors (Lipinski definition) is 2. The van der Waals surface area contributed by atoms with Crippen LogP contribution in [0.4, 0.5) is 5.82 Å². The number of aromatic nitrogens is 2. The van der Waals surface area contributed by atoms with Crippen molar-refractivity contribution in [1.29, 1.82) is 0 Å². The van der Waals surface area contributed by atoms with Gasteiger partial charge in [-0.2, -0.15) is 0 Å². The van der Waals surface area contributed by atoms with E-state index in [2.05, 4.69) is 20.2 Å². The van der Waals surface area contributed by atoms with Crippen LogP contribution in [0, 0.1) is 6.92 Å². The van der Waals surface area contributed by atoms with Crippen LogP contribution in [0.5, 0.6) is 0 Å². The molecule has 1 saturated heterocycles. The lowest BCUT2D eigenvalue weighted by Gasteiger charge is -2.33. The standard InChI is InChI=1S/C16H21N5O3/c1-11-2-3-13(24-11)12(21-6-8-23-9-7-21)10-20-16(22)14-15(17)19-5-4-18-14/h2-5,12H,6-10H2,1H3,(H2,17,19)(H,20,22)/t12-/m1/s1. The number of rotatable bonds is 5. The number of aryl methyl sites for hydroxylation is 1. The van der Waals surface area contributed by atoms with E-state index in [0.717, 1.165) is 24.6 Å². The lowest BCUT2D eigenvalue weighted by atomic mass is 10.1. The van der Waals surface area contributed by atoms with E-state index in [1.807, 2.05) is 19.1 Å². The van der Waals surface area contributed by atoms with E-state index in [1.54, 1.807) is 0 Å². The van der Waals surface area contributed by atoms with Crippen LogP contribution in [-0.2, 0) is 4.74 Å². The molecule has 0 aromatic carbocycles. The Morgan fingerprint density at radius 3 is 2.75 bits per heavy atom. The number of nitrogen functional groups attached to an aromatic ring is 1. The van der Waals surface area contributed by atoms with Crippen molar-refractivity contribution in [3.8, 4) is 0 Å². The summed E-state index contributed by atoms with van der Waals surface area (Å²) in [4.78, 5) is 22.4. The summed E-state index contributed by atoms with van der Waals surface area (Å²) in [5.41, 5.74) is 5.84. The predicted molar refractivity (Wildman–Crippen MR) is 87.4 cm³/mol. The van der Waals surface area contributed by atoms with E-state index in [-0.39, 0.29) is 23.5 Å². The third-order valence-corrected chi connectivity index (χ3v) is 3.97. The summed E-state index contributed by atoms with van der Waals surface area (Å²) in [6.45, 7) is 5.20. The normalized spacial score (nSPS) is 16.7. The lowest BCUT2D eigenvalue weighted by molar-refractivity contribution is 0.0117. The van der Waals surface area contributed by atoms with Gasteiger partial charge in [0.1, 0.15) is 11.5 Å². The molecule has 0 radical (unpaired) electrons. The van der Waals surface area contributed by atoms with E-state index >= 15 is 0 Å². The van der Waals surface area contributed by atoms with Gasteiger partial charge in [0.05, 0.1) is 19.3 Å². The minimum Gasteiger partial charge on any atom is -0.465 e. The number of hydrogen-bond acceptors (Lipinski definition) is 7. The average Bonchev–Trinajstić information content (AvgIpc) is 3.02. The van der Waals surface area contributed by atoms with E-state index < -0.39 is 0 Å². The highest BCUT2D eigenvalue weighted by molar-refractivity contribution is 5.96. The van der Waals surface area contributed by atoms with Crippen LogP contribution in [0.15, 0.2) is 28.9 Å². The third kappa shape index (κ3) is 3.72. The van der Waals surface area contributed by atoms with Crippen molar-refractivity contribution < 1.29 is 13.9 Å². The first-order valence-corrected chi connectivity index (χ1v) is 7.88. The molecule has 1 amide bonds. The van der Waals surface area contributed by atoms with E-state index in [9.17, 15) is 4.79 Å². The Bertz CT molecular complexity index is 697. The molecule has 1 fully saturated rings. The zero-order chi connectivity index (χ0) is 16.9. The summed E-state index contributed by atoms with van der Waals surface area (Å²) in [5, 5.41) is 2.88. The van der Waals surface area contributed by atoms with Crippen LogP contribution in [0.3, 0.4) is 0 Å². The number of morpholine rings is 1. The van der Waals surface area contributed by atoms with Gasteiger partial charge in [-0.1, -0.05) is 0 Å². The van der Waals surface area contributed by atoms with Crippen LogP contribution < -0.4 is 11.1 Å². The van der Waals surface area contributed by atoms with Crippen molar-refractivity contribution in [2.45, 2.75) is 13.0 Å². The molecule has 1 aliphatic rings. The number of furan rings is 1. The average molecular weight is 331 g/mol. The monoisotopic (exact) mass is 331 g/mol. The Morgan fingerprint density at radius 2 is 2.08 bits per heavy atom. The number of nitrogens with zero attached hydrogens (tertiary/aromatic N) is 3. The smallest absolute Gasteiger partial charge is 0.273 e. The molecule has 3 rings (SSSR count). The maximum absolute atomic E-state index is 12.3. The highest BCUT2D eigenvalue weighted by Gasteiger charge is 2.26. The van der Waals surface area contributed by atoms with Gasteiger partial charge in [0, 0.05) is 32.0 Å². The van der Waals surface area contributed by atoms with Crippen LogP contribution in [0.2, 0.25) is 0 Å². The molecule has 0 spiro atoms. The topological polar surface area (TPSA) is 107 Å². The number of nitrogens with two attached hydrogens (primary N) is 1. The van der Waals surface area contributed by atoms with E-state index in [0.29, 0.717) is 19.8 Å². The first kappa shape index (κ1) is 16.4. The van der Waals surface area contributed by atoms with Crippen LogP contribution in [0.25, 0.3) is 0 Å². The van der Waals surface area contributed by atoms with Gasteiger partial charge in [-0.25, -0.2) is 9.97 Å². The fourth-order valence-corrected chi connectivity index (χ4v) is 2.73. The molecule has 0 unspecified atom stereocenters. The second kappa shape index (κ2) is 7.41. The minimum absolute atomic E-state index is 0.0653. The minimum atomic E-state index is -0.345. The number of carbonyl (C=O) groups is 1. The summed E-state index contributed by atoms with van der Waals surface area (Å²) in [6, 6.07) is 3.80. The Hall–Kier alpha value is -2.45. The fraction of sp³-hybridized carbons (Fsp3) is 0.438. The zero-order valence-corrected chi connectivity index (χ0v) is 13.6. The molecule has 1 aliphatic heterocycles. The van der Waals surface area contributed by atoms with Crippen molar-refractivity contribution in [3.63, 3.8) is 0 Å². The molecule has 0 bridgehead atoms. The molecule has 0 saturated carbocycles. The Kier molecular flexibility index (Phi) is 5.07. The summed E-state index contributed by atoms with van der Waals surface area (Å²) in [5.74, 6) is 1.43. The second-order valence-corrected chi connectivity index (χ2v) is 5.61. The molecule has 0 aliphatic carbocycles. The number of nitrogens with one attached hydrogen (secondary N) is 1. The summed E-state index contributed by atoms with van der Waals surface area (Å²) in [6.07, 6.45) is 2.90. The first-order chi connectivity index (χ1) is 11.6. The molecular formula is C16H21N5O3. The quantitative estimate of drug-likeness (QED) is 0.833. The van der Waals surface area contributed by atoms with Gasteiger partial charge in [0.25, 0.3) is 5.91 Å². The molecule has 3 N–H and O–H groups in total. The van der Waals surface area contributed by atoms with Gasteiger partial charge < -0.3 is 20.2 Å². The first-order valence-electron chi connectivity index (χ1n) is 7.88.